The predicted molar refractivity (Wildman–Crippen MR) is 127 cm³/mol. The van der Waals surface area contributed by atoms with E-state index >= 15 is 0 Å². The van der Waals surface area contributed by atoms with Gasteiger partial charge < -0.3 is 18.9 Å². The topological polar surface area (TPSA) is 105 Å². The molecule has 0 N–H and O–H groups in total. The highest BCUT2D eigenvalue weighted by Crippen LogP contribution is 2.45. The van der Waals surface area contributed by atoms with Gasteiger partial charge >= 0.3 is 17.9 Å². The van der Waals surface area contributed by atoms with Crippen molar-refractivity contribution in [2.24, 2.45) is 11.8 Å². The summed E-state index contributed by atoms with van der Waals surface area (Å²) in [6, 6.07) is 6.49. The average molecular weight is 485 g/mol. The van der Waals surface area contributed by atoms with Crippen molar-refractivity contribution < 1.29 is 38.1 Å². The van der Waals surface area contributed by atoms with Crippen molar-refractivity contribution in [2.45, 2.75) is 59.2 Å². The van der Waals surface area contributed by atoms with Crippen molar-refractivity contribution in [3.8, 4) is 5.75 Å². The molecule has 1 aliphatic carbocycles. The number of hydrogen-bond acceptors (Lipinski definition) is 8. The monoisotopic (exact) mass is 484 g/mol. The van der Waals surface area contributed by atoms with Crippen molar-refractivity contribution in [2.75, 3.05) is 13.2 Å². The molecule has 1 aromatic rings. The summed E-state index contributed by atoms with van der Waals surface area (Å²) in [5.41, 5.74) is 2.79. The fraction of sp³-hybridized carbons (Fsp3) is 0.481. The van der Waals surface area contributed by atoms with Gasteiger partial charge in [-0.1, -0.05) is 19.1 Å². The van der Waals surface area contributed by atoms with Gasteiger partial charge in [-0.15, -0.1) is 0 Å². The van der Waals surface area contributed by atoms with Gasteiger partial charge in [-0.25, -0.2) is 9.59 Å². The molecule has 35 heavy (non-hydrogen) atoms. The van der Waals surface area contributed by atoms with Crippen LogP contribution in [-0.4, -0.2) is 49.1 Å². The number of ether oxygens (including phenoxy) is 4. The lowest BCUT2D eigenvalue weighted by molar-refractivity contribution is -0.153. The van der Waals surface area contributed by atoms with E-state index in [1.54, 1.807) is 24.3 Å². The minimum absolute atomic E-state index is 0.0212. The van der Waals surface area contributed by atoms with E-state index in [1.165, 1.54) is 13.8 Å². The molecule has 1 aliphatic heterocycles. The summed E-state index contributed by atoms with van der Waals surface area (Å²) < 4.78 is 22.0. The molecule has 188 valence electrons. The van der Waals surface area contributed by atoms with Crippen molar-refractivity contribution in [3.05, 3.63) is 53.1 Å². The number of carbonyl (C=O) groups is 4. The van der Waals surface area contributed by atoms with Crippen LogP contribution < -0.4 is 4.74 Å². The number of esters is 3. The molecule has 4 atom stereocenters. The van der Waals surface area contributed by atoms with Gasteiger partial charge in [0.15, 0.2) is 12.4 Å². The van der Waals surface area contributed by atoms with Gasteiger partial charge in [0, 0.05) is 24.5 Å². The molecule has 1 saturated heterocycles. The molecular weight excluding hydrogens is 452 g/mol. The molecular formula is C27H32O8. The lowest BCUT2D eigenvalue weighted by Gasteiger charge is -2.37. The summed E-state index contributed by atoms with van der Waals surface area (Å²) in [4.78, 5) is 47.5. The first-order valence-electron chi connectivity index (χ1n) is 11.7. The number of ketones is 1. The van der Waals surface area contributed by atoms with Crippen LogP contribution >= 0.6 is 0 Å². The van der Waals surface area contributed by atoms with Crippen LogP contribution in [0.1, 0.15) is 57.3 Å². The smallest absolute Gasteiger partial charge is 0.344 e. The number of fused-ring (bicyclic) bond motifs is 1. The second kappa shape index (κ2) is 11.3. The third-order valence-electron chi connectivity index (χ3n) is 6.45. The first-order valence-corrected chi connectivity index (χ1v) is 11.7. The Kier molecular flexibility index (Phi) is 8.48. The Hall–Kier alpha value is -3.42. The molecule has 8 nitrogen and oxygen atoms in total. The van der Waals surface area contributed by atoms with Crippen molar-refractivity contribution >= 4 is 23.7 Å². The normalized spacial score (nSPS) is 22.2. The summed E-state index contributed by atoms with van der Waals surface area (Å²) >= 11 is 0. The maximum atomic E-state index is 12.8. The zero-order valence-corrected chi connectivity index (χ0v) is 20.6. The standard InChI is InChI=1S/C27H32O8/c1-15(7-6-12-32-19(5)29)24-16(2)13-22-25(17(3)27(31)34-22)26(24)35-23(30)14-33-21-10-8-20(9-11-21)18(4)28/h8-11,15,22,25-26H,3,6-7,12-14H2,1-2,4-5H3/t15-,22+,25+,26+/m0/s1. The van der Waals surface area contributed by atoms with E-state index in [4.69, 9.17) is 18.9 Å². The first kappa shape index (κ1) is 26.2. The summed E-state index contributed by atoms with van der Waals surface area (Å²) in [5.74, 6) is -1.45. The van der Waals surface area contributed by atoms with Gasteiger partial charge in [-0.2, -0.15) is 0 Å². The molecule has 3 rings (SSSR count). The van der Waals surface area contributed by atoms with Gasteiger partial charge in [0.25, 0.3) is 0 Å². The van der Waals surface area contributed by atoms with Gasteiger partial charge in [0.2, 0.25) is 0 Å². The molecule has 1 aromatic carbocycles. The van der Waals surface area contributed by atoms with Crippen LogP contribution in [0.3, 0.4) is 0 Å². The fourth-order valence-corrected chi connectivity index (χ4v) is 4.75. The summed E-state index contributed by atoms with van der Waals surface area (Å²) in [6.45, 7) is 10.7. The van der Waals surface area contributed by atoms with Gasteiger partial charge in [-0.3, -0.25) is 9.59 Å². The Morgan fingerprint density at radius 1 is 1.17 bits per heavy atom. The highest BCUT2D eigenvalue weighted by Gasteiger charge is 2.50. The van der Waals surface area contributed by atoms with E-state index in [-0.39, 0.29) is 24.3 Å². The van der Waals surface area contributed by atoms with Crippen LogP contribution in [-0.2, 0) is 28.6 Å². The van der Waals surface area contributed by atoms with Crippen LogP contribution in [0.25, 0.3) is 0 Å². The van der Waals surface area contributed by atoms with Crippen LogP contribution in [0.5, 0.6) is 5.75 Å². The molecule has 1 heterocycles. The van der Waals surface area contributed by atoms with Crippen LogP contribution in [0.2, 0.25) is 0 Å². The molecule has 0 radical (unpaired) electrons. The maximum Gasteiger partial charge on any atom is 0.344 e. The number of hydrogen-bond donors (Lipinski definition) is 0. The highest BCUT2D eigenvalue weighted by atomic mass is 16.6. The molecule has 1 fully saturated rings. The molecule has 0 bridgehead atoms. The van der Waals surface area contributed by atoms with Gasteiger partial charge in [0.05, 0.1) is 12.5 Å². The molecule has 0 aromatic heterocycles. The Morgan fingerprint density at radius 3 is 2.49 bits per heavy atom. The van der Waals surface area contributed by atoms with E-state index in [1.807, 2.05) is 13.8 Å². The number of rotatable bonds is 10. The zero-order valence-electron chi connectivity index (χ0n) is 20.6. The van der Waals surface area contributed by atoms with Crippen molar-refractivity contribution in [3.63, 3.8) is 0 Å². The minimum atomic E-state index is -0.701. The second-order valence-electron chi connectivity index (χ2n) is 9.10. The number of Topliss-reactive ketones (excluding diaryl/α,β-unsaturated/α-hetero) is 1. The van der Waals surface area contributed by atoms with Crippen LogP contribution in [0, 0.1) is 11.8 Å². The Labute approximate surface area is 205 Å². The summed E-state index contributed by atoms with van der Waals surface area (Å²) in [7, 11) is 0. The predicted octanol–water partition coefficient (Wildman–Crippen LogP) is 3.98. The van der Waals surface area contributed by atoms with Crippen LogP contribution in [0.15, 0.2) is 47.6 Å². The molecule has 0 amide bonds. The van der Waals surface area contributed by atoms with E-state index in [9.17, 15) is 19.2 Å². The maximum absolute atomic E-state index is 12.8. The number of carbonyl (C=O) groups excluding carboxylic acids is 4. The molecule has 0 unspecified atom stereocenters. The average Bonchev–Trinajstić information content (AvgIpc) is 3.08. The molecule has 0 spiro atoms. The van der Waals surface area contributed by atoms with Crippen molar-refractivity contribution in [1.29, 1.82) is 0 Å². The zero-order chi connectivity index (χ0) is 25.7. The Morgan fingerprint density at radius 2 is 1.86 bits per heavy atom. The largest absolute Gasteiger partial charge is 0.482 e. The second-order valence-corrected chi connectivity index (χ2v) is 9.10. The number of benzene rings is 1. The fourth-order valence-electron chi connectivity index (χ4n) is 4.75. The Balaban J connectivity index is 1.72. The molecule has 2 aliphatic rings. The first-order chi connectivity index (χ1) is 16.6. The lowest BCUT2D eigenvalue weighted by Crippen LogP contribution is -2.41. The van der Waals surface area contributed by atoms with E-state index in [0.717, 1.165) is 11.1 Å². The quantitative estimate of drug-likeness (QED) is 0.123. The Bertz CT molecular complexity index is 1040. The third kappa shape index (κ3) is 6.38. The van der Waals surface area contributed by atoms with Gasteiger partial charge in [0.1, 0.15) is 18.0 Å². The highest BCUT2D eigenvalue weighted by molar-refractivity contribution is 5.94. The molecule has 8 heteroatoms. The van der Waals surface area contributed by atoms with Crippen LogP contribution in [0.4, 0.5) is 0 Å². The van der Waals surface area contributed by atoms with E-state index in [2.05, 4.69) is 6.58 Å². The van der Waals surface area contributed by atoms with Crippen molar-refractivity contribution in [1.82, 2.24) is 0 Å². The molecule has 0 saturated carbocycles. The summed E-state index contributed by atoms with van der Waals surface area (Å²) in [5, 5.41) is 0. The minimum Gasteiger partial charge on any atom is -0.482 e. The summed E-state index contributed by atoms with van der Waals surface area (Å²) in [6.07, 6.45) is 0.789. The van der Waals surface area contributed by atoms with E-state index in [0.29, 0.717) is 42.8 Å². The third-order valence-corrected chi connectivity index (χ3v) is 6.45. The van der Waals surface area contributed by atoms with E-state index < -0.39 is 30.1 Å². The van der Waals surface area contributed by atoms with Gasteiger partial charge in [-0.05, 0) is 62.4 Å². The lowest BCUT2D eigenvalue weighted by atomic mass is 9.73. The SMILES string of the molecule is C=C1C(=O)O[C@@H]2CC(C)=C([C@@H](C)CCCOC(C)=O)[C@@H](OC(=O)COc3ccc(C(C)=O)cc3)[C@H]12.